The van der Waals surface area contributed by atoms with E-state index in [1.54, 1.807) is 54.6 Å². The Balaban J connectivity index is 1.74. The summed E-state index contributed by atoms with van der Waals surface area (Å²) in [6.45, 7) is 1.51. The van der Waals surface area contributed by atoms with Crippen LogP contribution < -0.4 is 15.1 Å². The summed E-state index contributed by atoms with van der Waals surface area (Å²) >= 11 is 11.3. The van der Waals surface area contributed by atoms with E-state index >= 15 is 0 Å². The van der Waals surface area contributed by atoms with Crippen LogP contribution in [0.4, 0.5) is 5.69 Å². The van der Waals surface area contributed by atoms with Crippen molar-refractivity contribution >= 4 is 52.3 Å². The lowest BCUT2D eigenvalue weighted by molar-refractivity contribution is -0.142. The first-order chi connectivity index (χ1) is 13.4. The van der Waals surface area contributed by atoms with Crippen LogP contribution in [0, 0.1) is 0 Å². The van der Waals surface area contributed by atoms with Gasteiger partial charge in [0.25, 0.3) is 11.8 Å². The van der Waals surface area contributed by atoms with E-state index in [1.807, 2.05) is 0 Å². The zero-order chi connectivity index (χ0) is 20.3. The summed E-state index contributed by atoms with van der Waals surface area (Å²) in [5, 5.41) is 1.11. The van der Waals surface area contributed by atoms with Crippen molar-refractivity contribution in [1.29, 1.82) is 0 Å². The molecule has 3 rings (SSSR count). The van der Waals surface area contributed by atoms with Crippen molar-refractivity contribution in [3.63, 3.8) is 0 Å². The lowest BCUT2D eigenvalue weighted by atomic mass is 10.2. The number of ether oxygens (including phenoxy) is 1. The predicted molar refractivity (Wildman–Crippen MR) is 108 cm³/mol. The van der Waals surface area contributed by atoms with Crippen LogP contribution in [-0.4, -0.2) is 33.9 Å². The number of anilines is 1. The molecule has 1 fully saturated rings. The molecule has 144 valence electrons. The first-order valence-electron chi connectivity index (χ1n) is 8.35. The largest absolute Gasteiger partial charge is 0.479 e. The third kappa shape index (κ3) is 4.13. The molecule has 0 radical (unpaired) electrons. The van der Waals surface area contributed by atoms with Crippen LogP contribution in [0.1, 0.15) is 13.3 Å². The van der Waals surface area contributed by atoms with Crippen LogP contribution in [0.15, 0.2) is 54.6 Å². The summed E-state index contributed by atoms with van der Waals surface area (Å²) in [5.74, 6) is -1.37. The van der Waals surface area contributed by atoms with Crippen molar-refractivity contribution in [3.05, 3.63) is 59.6 Å². The van der Waals surface area contributed by atoms with Gasteiger partial charge in [-0.3, -0.25) is 24.7 Å². The van der Waals surface area contributed by atoms with Crippen molar-refractivity contribution in [2.24, 2.45) is 0 Å². The number of nitrogens with zero attached hydrogens (tertiary/aromatic N) is 2. The minimum absolute atomic E-state index is 0.134. The number of amides is 3. The number of hydrogen-bond acceptors (Lipinski definition) is 5. The van der Waals surface area contributed by atoms with Crippen molar-refractivity contribution < 1.29 is 19.1 Å². The van der Waals surface area contributed by atoms with Gasteiger partial charge in [0.1, 0.15) is 12.2 Å². The standard InChI is InChI=1S/C19H16ClN3O4S/c1-12(27-15-10-6-5-9-14(15)20)18(26)21-23-17(25)11-16(24)22(19(23)28)13-7-3-2-4-8-13/h2-10,12H,11H2,1H3,(H,21,26). The smallest absolute Gasteiger partial charge is 0.279 e. The van der Waals surface area contributed by atoms with Gasteiger partial charge in [-0.2, -0.15) is 5.01 Å². The second kappa shape index (κ2) is 8.37. The first-order valence-corrected chi connectivity index (χ1v) is 9.13. The number of para-hydroxylation sites is 2. The SMILES string of the molecule is CC(Oc1ccccc1Cl)C(=O)NN1C(=O)CC(=O)N(c2ccccc2)C1=S. The highest BCUT2D eigenvalue weighted by molar-refractivity contribution is 7.80. The van der Waals surface area contributed by atoms with Crippen LogP contribution in [-0.2, 0) is 14.4 Å². The van der Waals surface area contributed by atoms with E-state index in [0.717, 1.165) is 5.01 Å². The van der Waals surface area contributed by atoms with Crippen LogP contribution in [0.2, 0.25) is 5.02 Å². The molecular weight excluding hydrogens is 402 g/mol. The van der Waals surface area contributed by atoms with E-state index in [2.05, 4.69) is 5.43 Å². The highest BCUT2D eigenvalue weighted by Gasteiger charge is 2.37. The molecule has 28 heavy (non-hydrogen) atoms. The average Bonchev–Trinajstić information content (AvgIpc) is 2.67. The van der Waals surface area contributed by atoms with Crippen LogP contribution in [0.3, 0.4) is 0 Å². The molecule has 7 nitrogen and oxygen atoms in total. The Hall–Kier alpha value is -2.97. The van der Waals surface area contributed by atoms with Gasteiger partial charge in [-0.25, -0.2) is 0 Å². The predicted octanol–water partition coefficient (Wildman–Crippen LogP) is 2.69. The summed E-state index contributed by atoms with van der Waals surface area (Å²) in [7, 11) is 0. The number of benzene rings is 2. The molecule has 3 amide bonds. The molecule has 1 aliphatic heterocycles. The van der Waals surface area contributed by atoms with Crippen LogP contribution in [0.25, 0.3) is 0 Å². The summed E-state index contributed by atoms with van der Waals surface area (Å²) in [5.41, 5.74) is 2.92. The quantitative estimate of drug-likeness (QED) is 0.597. The molecule has 1 heterocycles. The maximum absolute atomic E-state index is 12.5. The van der Waals surface area contributed by atoms with Gasteiger partial charge in [-0.05, 0) is 43.4 Å². The Morgan fingerprint density at radius 3 is 2.43 bits per heavy atom. The zero-order valence-electron chi connectivity index (χ0n) is 14.8. The number of carbonyl (C=O) groups is 3. The molecule has 0 saturated carbocycles. The number of nitrogens with one attached hydrogen (secondary N) is 1. The lowest BCUT2D eigenvalue weighted by Crippen LogP contribution is -2.62. The number of rotatable bonds is 5. The highest BCUT2D eigenvalue weighted by atomic mass is 35.5. The minimum atomic E-state index is -0.960. The van der Waals surface area contributed by atoms with Gasteiger partial charge < -0.3 is 4.74 Å². The van der Waals surface area contributed by atoms with Crippen molar-refractivity contribution in [2.45, 2.75) is 19.4 Å². The Morgan fingerprint density at radius 2 is 1.75 bits per heavy atom. The van der Waals surface area contributed by atoms with Gasteiger partial charge in [-0.15, -0.1) is 0 Å². The van der Waals surface area contributed by atoms with Gasteiger partial charge in [0.15, 0.2) is 6.10 Å². The van der Waals surface area contributed by atoms with E-state index in [9.17, 15) is 14.4 Å². The molecule has 0 spiro atoms. The third-order valence-corrected chi connectivity index (χ3v) is 4.61. The highest BCUT2D eigenvalue weighted by Crippen LogP contribution is 2.24. The molecule has 1 N–H and O–H groups in total. The molecule has 1 saturated heterocycles. The van der Waals surface area contributed by atoms with Crippen molar-refractivity contribution in [3.8, 4) is 5.75 Å². The minimum Gasteiger partial charge on any atom is -0.479 e. The summed E-state index contributed by atoms with van der Waals surface area (Å²) in [6.07, 6.45) is -1.38. The van der Waals surface area contributed by atoms with Gasteiger partial charge in [0, 0.05) is 0 Å². The lowest BCUT2D eigenvalue weighted by Gasteiger charge is -2.35. The van der Waals surface area contributed by atoms with E-state index in [4.69, 9.17) is 28.6 Å². The monoisotopic (exact) mass is 417 g/mol. The molecular formula is C19H16ClN3O4S. The number of halogens is 1. The maximum atomic E-state index is 12.5. The number of thiocarbonyl (C=S) groups is 1. The van der Waals surface area contributed by atoms with Gasteiger partial charge in [0.05, 0.1) is 10.7 Å². The second-order valence-corrected chi connectivity index (χ2v) is 6.69. The summed E-state index contributed by atoms with van der Waals surface area (Å²) in [4.78, 5) is 38.3. The molecule has 2 aromatic carbocycles. The number of hydrazine groups is 1. The van der Waals surface area contributed by atoms with E-state index in [-0.39, 0.29) is 5.11 Å². The number of carbonyl (C=O) groups excluding carboxylic acids is 3. The van der Waals surface area contributed by atoms with Crippen molar-refractivity contribution in [1.82, 2.24) is 10.4 Å². The molecule has 2 aromatic rings. The van der Waals surface area contributed by atoms with Crippen LogP contribution >= 0.6 is 23.8 Å². The maximum Gasteiger partial charge on any atom is 0.279 e. The fourth-order valence-corrected chi connectivity index (χ4v) is 3.06. The molecule has 0 aliphatic carbocycles. The van der Waals surface area contributed by atoms with E-state index in [1.165, 1.54) is 11.8 Å². The molecule has 9 heteroatoms. The Morgan fingerprint density at radius 1 is 1.11 bits per heavy atom. The zero-order valence-corrected chi connectivity index (χ0v) is 16.4. The van der Waals surface area contributed by atoms with Gasteiger partial charge >= 0.3 is 0 Å². The Labute approximate surface area is 171 Å². The van der Waals surface area contributed by atoms with E-state index in [0.29, 0.717) is 16.5 Å². The molecule has 1 aliphatic rings. The topological polar surface area (TPSA) is 79.0 Å². The fraction of sp³-hybridized carbons (Fsp3) is 0.158. The first kappa shape index (κ1) is 19.8. The van der Waals surface area contributed by atoms with Crippen LogP contribution in [0.5, 0.6) is 5.75 Å². The van der Waals surface area contributed by atoms with Gasteiger partial charge in [-0.1, -0.05) is 41.9 Å². The normalized spacial score (nSPS) is 15.4. The molecule has 1 unspecified atom stereocenters. The average molecular weight is 418 g/mol. The summed E-state index contributed by atoms with van der Waals surface area (Å²) < 4.78 is 5.55. The third-order valence-electron chi connectivity index (χ3n) is 3.93. The van der Waals surface area contributed by atoms with E-state index < -0.39 is 30.2 Å². The molecule has 0 bridgehead atoms. The summed E-state index contributed by atoms with van der Waals surface area (Å²) in [6, 6.07) is 15.4. The fourth-order valence-electron chi connectivity index (χ4n) is 2.53. The Bertz CT molecular complexity index is 938. The van der Waals surface area contributed by atoms with Gasteiger partial charge in [0.2, 0.25) is 11.0 Å². The second-order valence-electron chi connectivity index (χ2n) is 5.92. The number of hydrogen-bond donors (Lipinski definition) is 1. The Kier molecular flexibility index (Phi) is 5.91. The molecule has 1 atom stereocenters. The molecule has 0 aromatic heterocycles. The van der Waals surface area contributed by atoms with Crippen molar-refractivity contribution in [2.75, 3.05) is 4.90 Å².